The van der Waals surface area contributed by atoms with Gasteiger partial charge in [-0.25, -0.2) is 0 Å². The molecule has 2 aliphatic rings. The summed E-state index contributed by atoms with van der Waals surface area (Å²) in [6.45, 7) is 0. The molecule has 15 heavy (non-hydrogen) atoms. The van der Waals surface area contributed by atoms with Crippen molar-refractivity contribution in [2.24, 2.45) is 0 Å². The third-order valence-corrected chi connectivity index (χ3v) is 7.89. The van der Waals surface area contributed by atoms with E-state index >= 15 is 0 Å². The first-order chi connectivity index (χ1) is 7.21. The zero-order chi connectivity index (χ0) is 10.5. The van der Waals surface area contributed by atoms with Gasteiger partial charge in [0, 0.05) is 11.3 Å². The molecule has 1 heterocycles. The fourth-order valence-corrected chi connectivity index (χ4v) is 6.04. The molecule has 0 spiro atoms. The summed E-state index contributed by atoms with van der Waals surface area (Å²) in [6, 6.07) is 3.84. The first-order valence-electron chi connectivity index (χ1n) is 5.30. The summed E-state index contributed by atoms with van der Waals surface area (Å²) in [7, 11) is -2.19. The first-order valence-corrected chi connectivity index (χ1v) is 8.23. The molecule has 0 atom stereocenters. The molecule has 80 valence electrons. The normalized spacial score (nSPS) is 21.7. The minimum absolute atomic E-state index is 0.430. The Morgan fingerprint density at radius 3 is 2.13 bits per heavy atom. The zero-order valence-corrected chi connectivity index (χ0v) is 11.3. The van der Waals surface area contributed by atoms with Gasteiger partial charge in [0.05, 0.1) is 0 Å². The summed E-state index contributed by atoms with van der Waals surface area (Å²) in [5.74, 6) is 0. The third kappa shape index (κ3) is 1.76. The van der Waals surface area contributed by atoms with Gasteiger partial charge in [-0.15, -0.1) is 10.2 Å². The molecule has 5 heteroatoms. The van der Waals surface area contributed by atoms with E-state index in [1.807, 2.05) is 12.1 Å². The highest BCUT2D eigenvalue weighted by Gasteiger charge is 2.52. The van der Waals surface area contributed by atoms with Crippen molar-refractivity contribution in [1.29, 1.82) is 0 Å². The number of nitrogens with zero attached hydrogens (tertiary/aromatic N) is 2. The van der Waals surface area contributed by atoms with Gasteiger partial charge in [0.25, 0.3) is 0 Å². The van der Waals surface area contributed by atoms with Crippen LogP contribution in [0.2, 0.25) is 0 Å². The van der Waals surface area contributed by atoms with Crippen LogP contribution in [-0.4, -0.2) is 21.5 Å². The number of hydrogen-bond donors (Lipinski definition) is 0. The quantitative estimate of drug-likeness (QED) is 0.630. The number of hydrogen-bond acceptors (Lipinski definition) is 3. The van der Waals surface area contributed by atoms with Crippen LogP contribution in [-0.2, 0) is 4.57 Å². The van der Waals surface area contributed by atoms with Crippen molar-refractivity contribution in [3.8, 4) is 0 Å². The maximum absolute atomic E-state index is 12.9. The molecule has 3 nitrogen and oxygen atoms in total. The van der Waals surface area contributed by atoms with Crippen LogP contribution in [0.5, 0.6) is 0 Å². The van der Waals surface area contributed by atoms with Gasteiger partial charge in [-0.1, -0.05) is 0 Å². The Balaban J connectivity index is 2.01. The molecule has 1 aromatic heterocycles. The largest absolute Gasteiger partial charge is 0.316 e. The second kappa shape index (κ2) is 3.52. The Hall–Kier alpha value is 0.0400. The van der Waals surface area contributed by atoms with E-state index in [1.54, 1.807) is 0 Å². The van der Waals surface area contributed by atoms with Crippen LogP contribution in [0, 0.1) is 3.70 Å². The topological polar surface area (TPSA) is 42.9 Å². The fraction of sp³-hybridized carbons (Fsp3) is 0.600. The third-order valence-electron chi connectivity index (χ3n) is 3.15. The van der Waals surface area contributed by atoms with Gasteiger partial charge < -0.3 is 4.57 Å². The lowest BCUT2D eigenvalue weighted by molar-refractivity contribution is 0.578. The average molecular weight is 334 g/mol. The molecule has 0 amide bonds. The predicted molar refractivity (Wildman–Crippen MR) is 68.0 cm³/mol. The molecule has 0 unspecified atom stereocenters. The molecule has 0 aliphatic heterocycles. The standard InChI is InChI=1S/C10H12IN2OP/c11-9-5-6-10(13-12-9)15(14,7-1-2-7)8-3-4-8/h5-8H,1-4H2. The Kier molecular flexibility index (Phi) is 2.40. The van der Waals surface area contributed by atoms with E-state index in [4.69, 9.17) is 0 Å². The van der Waals surface area contributed by atoms with Crippen molar-refractivity contribution in [2.75, 3.05) is 0 Å². The molecule has 2 saturated carbocycles. The molecule has 2 aliphatic carbocycles. The summed E-state index contributed by atoms with van der Waals surface area (Å²) in [4.78, 5) is 0. The Labute approximate surface area is 103 Å². The van der Waals surface area contributed by atoms with Crippen LogP contribution in [0.4, 0.5) is 0 Å². The monoisotopic (exact) mass is 334 g/mol. The van der Waals surface area contributed by atoms with Gasteiger partial charge in [-0.05, 0) is 60.4 Å². The summed E-state index contributed by atoms with van der Waals surface area (Å²) >= 11 is 2.13. The highest BCUT2D eigenvalue weighted by Crippen LogP contribution is 2.68. The second-order valence-corrected chi connectivity index (χ2v) is 8.83. The van der Waals surface area contributed by atoms with Crippen molar-refractivity contribution in [2.45, 2.75) is 37.0 Å². The molecule has 2 fully saturated rings. The van der Waals surface area contributed by atoms with E-state index in [9.17, 15) is 4.57 Å². The lowest BCUT2D eigenvalue weighted by Crippen LogP contribution is -2.17. The molecular weight excluding hydrogens is 322 g/mol. The molecule has 1 aromatic rings. The SMILES string of the molecule is O=P(c1ccc(I)nn1)(C1CC1)C1CC1. The molecule has 0 N–H and O–H groups in total. The van der Waals surface area contributed by atoms with Gasteiger partial charge in [0.15, 0.2) is 0 Å². The minimum Gasteiger partial charge on any atom is -0.316 e. The predicted octanol–water partition coefficient (Wildman–Crippen LogP) is 2.39. The van der Waals surface area contributed by atoms with Crippen LogP contribution >= 0.6 is 29.7 Å². The molecular formula is C10H12IN2OP. The summed E-state index contributed by atoms with van der Waals surface area (Å²) in [6.07, 6.45) is 4.51. The van der Waals surface area contributed by atoms with Gasteiger partial charge in [-0.3, -0.25) is 0 Å². The summed E-state index contributed by atoms with van der Waals surface area (Å²) in [5, 5.41) is 8.18. The van der Waals surface area contributed by atoms with Crippen molar-refractivity contribution in [1.82, 2.24) is 10.2 Å². The van der Waals surface area contributed by atoms with Crippen LogP contribution in [0.25, 0.3) is 0 Å². The van der Waals surface area contributed by atoms with Gasteiger partial charge in [0.1, 0.15) is 16.3 Å². The first kappa shape index (κ1) is 10.2. The molecule has 0 saturated heterocycles. The van der Waals surface area contributed by atoms with E-state index in [-0.39, 0.29) is 0 Å². The highest BCUT2D eigenvalue weighted by molar-refractivity contribution is 14.1. The van der Waals surface area contributed by atoms with Crippen LogP contribution in [0.3, 0.4) is 0 Å². The van der Waals surface area contributed by atoms with E-state index in [0.29, 0.717) is 11.3 Å². The second-order valence-electron chi connectivity index (χ2n) is 4.39. The number of rotatable bonds is 3. The Bertz CT molecular complexity index is 410. The number of halogens is 1. The van der Waals surface area contributed by atoms with Crippen molar-refractivity contribution >= 4 is 35.2 Å². The zero-order valence-electron chi connectivity index (χ0n) is 8.27. The van der Waals surface area contributed by atoms with Crippen LogP contribution < -0.4 is 5.44 Å². The number of aromatic nitrogens is 2. The van der Waals surface area contributed by atoms with Gasteiger partial charge in [0.2, 0.25) is 0 Å². The maximum atomic E-state index is 12.9. The Morgan fingerprint density at radius 1 is 1.13 bits per heavy atom. The lowest BCUT2D eigenvalue weighted by atomic mass is 10.6. The molecule has 0 radical (unpaired) electrons. The molecule has 0 bridgehead atoms. The maximum Gasteiger partial charge on any atom is 0.140 e. The highest BCUT2D eigenvalue weighted by atomic mass is 127. The average Bonchev–Trinajstić information content (AvgIpc) is 3.07. The Morgan fingerprint density at radius 2 is 1.73 bits per heavy atom. The molecule has 3 rings (SSSR count). The lowest BCUT2D eigenvalue weighted by Gasteiger charge is -2.15. The smallest absolute Gasteiger partial charge is 0.140 e. The molecule has 0 aromatic carbocycles. The van der Waals surface area contributed by atoms with Crippen LogP contribution in [0.15, 0.2) is 12.1 Å². The van der Waals surface area contributed by atoms with E-state index in [0.717, 1.165) is 34.8 Å². The summed E-state index contributed by atoms with van der Waals surface area (Å²) < 4.78 is 13.8. The van der Waals surface area contributed by atoms with Crippen LogP contribution in [0.1, 0.15) is 25.7 Å². The van der Waals surface area contributed by atoms with E-state index in [1.165, 1.54) is 0 Å². The van der Waals surface area contributed by atoms with Gasteiger partial charge in [-0.2, -0.15) is 0 Å². The van der Waals surface area contributed by atoms with Crippen molar-refractivity contribution in [3.63, 3.8) is 0 Å². The van der Waals surface area contributed by atoms with E-state index < -0.39 is 7.14 Å². The fourth-order valence-electron chi connectivity index (χ4n) is 2.08. The minimum atomic E-state index is -2.19. The van der Waals surface area contributed by atoms with Gasteiger partial charge >= 0.3 is 0 Å². The van der Waals surface area contributed by atoms with Crippen molar-refractivity contribution < 1.29 is 4.57 Å². The van der Waals surface area contributed by atoms with E-state index in [2.05, 4.69) is 32.8 Å². The summed E-state index contributed by atoms with van der Waals surface area (Å²) in [5.41, 5.74) is 1.65. The van der Waals surface area contributed by atoms with Crippen molar-refractivity contribution in [3.05, 3.63) is 15.8 Å².